The number of nitro benzene ring substituents is 1. The van der Waals surface area contributed by atoms with Gasteiger partial charge in [0.15, 0.2) is 5.78 Å². The fourth-order valence-corrected chi connectivity index (χ4v) is 3.36. The quantitative estimate of drug-likeness (QED) is 0.439. The number of rotatable bonds is 4. The Bertz CT molecular complexity index is 845. The fraction of sp³-hybridized carbons (Fsp3) is 0.316. The van der Waals surface area contributed by atoms with E-state index >= 15 is 0 Å². The molecule has 0 unspecified atom stereocenters. The van der Waals surface area contributed by atoms with Crippen molar-refractivity contribution in [3.8, 4) is 0 Å². The van der Waals surface area contributed by atoms with Crippen LogP contribution < -0.4 is 4.90 Å². The van der Waals surface area contributed by atoms with Gasteiger partial charge in [-0.2, -0.15) is 13.2 Å². The van der Waals surface area contributed by atoms with E-state index in [1.807, 2.05) is 6.07 Å². The molecule has 2 aromatic rings. The van der Waals surface area contributed by atoms with Crippen molar-refractivity contribution < 1.29 is 22.9 Å². The van der Waals surface area contributed by atoms with Gasteiger partial charge in [0, 0.05) is 42.4 Å². The molecule has 0 radical (unpaired) electrons. The highest BCUT2D eigenvalue weighted by molar-refractivity contribution is 5.98. The lowest BCUT2D eigenvalue weighted by Gasteiger charge is -2.34. The molecule has 2 aromatic carbocycles. The number of anilines is 1. The third kappa shape index (κ3) is 4.10. The minimum Gasteiger partial charge on any atom is -0.371 e. The second-order valence-electron chi connectivity index (χ2n) is 6.45. The number of halogens is 3. The number of alkyl halides is 3. The molecule has 142 valence electrons. The Hall–Kier alpha value is -2.90. The third-order valence-electron chi connectivity index (χ3n) is 4.76. The van der Waals surface area contributed by atoms with Crippen molar-refractivity contribution in [3.63, 3.8) is 0 Å². The monoisotopic (exact) mass is 378 g/mol. The molecule has 5 nitrogen and oxygen atoms in total. The van der Waals surface area contributed by atoms with Gasteiger partial charge in [-0.3, -0.25) is 14.9 Å². The molecule has 1 aliphatic rings. The molecule has 0 saturated carbocycles. The highest BCUT2D eigenvalue weighted by atomic mass is 19.4. The van der Waals surface area contributed by atoms with Gasteiger partial charge in [-0.05, 0) is 18.9 Å². The third-order valence-corrected chi connectivity index (χ3v) is 4.76. The Morgan fingerprint density at radius 3 is 2.26 bits per heavy atom. The standard InChI is InChI=1S/C19H17F3N2O3/c20-19(21,22)16-12-15(24(26)27)6-7-17(16)23-10-8-14(9-11-23)18(25)13-4-2-1-3-5-13/h1-7,12,14H,8-11H2. The van der Waals surface area contributed by atoms with Gasteiger partial charge in [0.25, 0.3) is 5.69 Å². The number of benzene rings is 2. The van der Waals surface area contributed by atoms with Gasteiger partial charge in [0.1, 0.15) is 0 Å². The normalized spacial score (nSPS) is 15.6. The molecule has 0 aliphatic carbocycles. The summed E-state index contributed by atoms with van der Waals surface area (Å²) in [6.07, 6.45) is -3.83. The minimum absolute atomic E-state index is 0.00463. The molecule has 0 amide bonds. The fourth-order valence-electron chi connectivity index (χ4n) is 3.36. The van der Waals surface area contributed by atoms with Gasteiger partial charge in [-0.25, -0.2) is 0 Å². The van der Waals surface area contributed by atoms with Crippen LogP contribution in [0.4, 0.5) is 24.5 Å². The predicted octanol–water partition coefficient (Wildman–Crippen LogP) is 4.71. The SMILES string of the molecule is O=C(c1ccccc1)C1CCN(c2ccc([N+](=O)[O-])cc2C(F)(F)F)CC1. The molecule has 8 heteroatoms. The van der Waals surface area contributed by atoms with E-state index in [2.05, 4.69) is 0 Å². The molecule has 1 heterocycles. The van der Waals surface area contributed by atoms with Gasteiger partial charge >= 0.3 is 6.18 Å². The van der Waals surface area contributed by atoms with E-state index in [0.717, 1.165) is 12.1 Å². The van der Waals surface area contributed by atoms with E-state index in [1.54, 1.807) is 29.2 Å². The molecule has 3 rings (SSSR count). The van der Waals surface area contributed by atoms with Crippen LogP contribution in [-0.2, 0) is 6.18 Å². The number of hydrogen-bond donors (Lipinski definition) is 0. The molecule has 0 bridgehead atoms. The Morgan fingerprint density at radius 1 is 1.07 bits per heavy atom. The van der Waals surface area contributed by atoms with Gasteiger partial charge in [-0.1, -0.05) is 30.3 Å². The van der Waals surface area contributed by atoms with Crippen LogP contribution in [0, 0.1) is 16.0 Å². The summed E-state index contributed by atoms with van der Waals surface area (Å²) in [6, 6.07) is 11.6. The Labute approximate surface area is 153 Å². The molecule has 0 spiro atoms. The van der Waals surface area contributed by atoms with Gasteiger partial charge in [-0.15, -0.1) is 0 Å². The zero-order valence-electron chi connectivity index (χ0n) is 14.3. The largest absolute Gasteiger partial charge is 0.418 e. The Morgan fingerprint density at radius 2 is 1.70 bits per heavy atom. The first kappa shape index (κ1) is 18.9. The summed E-state index contributed by atoms with van der Waals surface area (Å²) in [5.41, 5.74) is -1.11. The lowest BCUT2D eigenvalue weighted by atomic mass is 9.88. The number of nitrogens with zero attached hydrogens (tertiary/aromatic N) is 2. The number of Topliss-reactive ketones (excluding diaryl/α,β-unsaturated/α-hetero) is 1. The molecule has 1 aliphatic heterocycles. The van der Waals surface area contributed by atoms with Crippen molar-refractivity contribution in [1.82, 2.24) is 0 Å². The van der Waals surface area contributed by atoms with E-state index in [4.69, 9.17) is 0 Å². The molecule has 27 heavy (non-hydrogen) atoms. The highest BCUT2D eigenvalue weighted by Crippen LogP contribution is 2.40. The summed E-state index contributed by atoms with van der Waals surface area (Å²) in [6.45, 7) is 0.564. The van der Waals surface area contributed by atoms with Crippen molar-refractivity contribution in [2.45, 2.75) is 19.0 Å². The summed E-state index contributed by atoms with van der Waals surface area (Å²) < 4.78 is 40.1. The second kappa shape index (κ2) is 7.38. The number of hydrogen-bond acceptors (Lipinski definition) is 4. The van der Waals surface area contributed by atoms with Gasteiger partial charge in [0.05, 0.1) is 10.5 Å². The van der Waals surface area contributed by atoms with Crippen LogP contribution >= 0.6 is 0 Å². The average Bonchev–Trinajstić information content (AvgIpc) is 2.67. The predicted molar refractivity (Wildman–Crippen MR) is 93.8 cm³/mol. The number of piperidine rings is 1. The maximum Gasteiger partial charge on any atom is 0.418 e. The summed E-state index contributed by atoms with van der Waals surface area (Å²) >= 11 is 0. The Kier molecular flexibility index (Phi) is 5.16. The van der Waals surface area contributed by atoms with Crippen LogP contribution in [-0.4, -0.2) is 23.8 Å². The lowest BCUT2D eigenvalue weighted by molar-refractivity contribution is -0.385. The zero-order valence-corrected chi connectivity index (χ0v) is 14.3. The van der Waals surface area contributed by atoms with Crippen LogP contribution in [0.1, 0.15) is 28.8 Å². The van der Waals surface area contributed by atoms with Crippen molar-refractivity contribution in [3.05, 3.63) is 69.8 Å². The Balaban J connectivity index is 1.78. The maximum absolute atomic E-state index is 13.4. The van der Waals surface area contributed by atoms with Crippen LogP contribution in [0.5, 0.6) is 0 Å². The van der Waals surface area contributed by atoms with Gasteiger partial charge in [0.2, 0.25) is 0 Å². The summed E-state index contributed by atoms with van der Waals surface area (Å²) in [4.78, 5) is 24.0. The van der Waals surface area contributed by atoms with Crippen molar-refractivity contribution >= 4 is 17.2 Å². The van der Waals surface area contributed by atoms with Crippen molar-refractivity contribution in [2.75, 3.05) is 18.0 Å². The van der Waals surface area contributed by atoms with Crippen molar-refractivity contribution in [2.24, 2.45) is 5.92 Å². The summed E-state index contributed by atoms with van der Waals surface area (Å²) in [5, 5.41) is 10.8. The molecule has 1 saturated heterocycles. The van der Waals surface area contributed by atoms with E-state index in [1.165, 1.54) is 0 Å². The van der Waals surface area contributed by atoms with E-state index < -0.39 is 22.4 Å². The zero-order chi connectivity index (χ0) is 19.6. The number of nitro groups is 1. The van der Waals surface area contributed by atoms with Crippen LogP contribution in [0.3, 0.4) is 0 Å². The number of carbonyl (C=O) groups is 1. The first-order chi connectivity index (χ1) is 12.8. The molecule has 0 atom stereocenters. The number of non-ortho nitro benzene ring substituents is 1. The molecular formula is C19H17F3N2O3. The first-order valence-electron chi connectivity index (χ1n) is 8.47. The van der Waals surface area contributed by atoms with Crippen LogP contribution in [0.2, 0.25) is 0 Å². The van der Waals surface area contributed by atoms with E-state index in [0.29, 0.717) is 24.5 Å². The lowest BCUT2D eigenvalue weighted by Crippen LogP contribution is -2.37. The van der Waals surface area contributed by atoms with Crippen LogP contribution in [0.25, 0.3) is 0 Å². The molecule has 0 N–H and O–H groups in total. The molecule has 1 fully saturated rings. The van der Waals surface area contributed by atoms with E-state index in [-0.39, 0.29) is 30.5 Å². The minimum atomic E-state index is -4.70. The highest BCUT2D eigenvalue weighted by Gasteiger charge is 2.37. The second-order valence-corrected chi connectivity index (χ2v) is 6.45. The molecule has 0 aromatic heterocycles. The summed E-state index contributed by atoms with van der Waals surface area (Å²) in [7, 11) is 0. The maximum atomic E-state index is 13.4. The van der Waals surface area contributed by atoms with E-state index in [9.17, 15) is 28.1 Å². The first-order valence-corrected chi connectivity index (χ1v) is 8.47. The number of ketones is 1. The summed E-state index contributed by atoms with van der Waals surface area (Å²) in [5.74, 6) is -0.244. The smallest absolute Gasteiger partial charge is 0.371 e. The number of carbonyl (C=O) groups excluding carboxylic acids is 1. The van der Waals surface area contributed by atoms with Gasteiger partial charge < -0.3 is 4.90 Å². The average molecular weight is 378 g/mol. The van der Waals surface area contributed by atoms with Crippen molar-refractivity contribution in [1.29, 1.82) is 0 Å². The topological polar surface area (TPSA) is 63.5 Å². The van der Waals surface area contributed by atoms with Crippen LogP contribution in [0.15, 0.2) is 48.5 Å². The molecular weight excluding hydrogens is 361 g/mol.